The lowest BCUT2D eigenvalue weighted by Gasteiger charge is -2.21. The van der Waals surface area contributed by atoms with Gasteiger partial charge in [0, 0.05) is 38.5 Å². The van der Waals surface area contributed by atoms with E-state index in [0.29, 0.717) is 0 Å². The number of rotatable bonds is 7. The van der Waals surface area contributed by atoms with Crippen LogP contribution < -0.4 is 5.32 Å². The van der Waals surface area contributed by atoms with Gasteiger partial charge >= 0.3 is 0 Å². The second-order valence-corrected chi connectivity index (χ2v) is 6.57. The SMILES string of the molecule is COCCNCc1cn(CC2CC3CCC2C3)nc1C. The standard InChI is InChI=1S/C16H27N3O/c1-12-16(9-17-5-6-20-2)11-19(18-12)10-15-8-13-3-4-14(15)7-13/h11,13-15,17H,3-10H2,1-2H3. The van der Waals surface area contributed by atoms with E-state index in [9.17, 15) is 0 Å². The lowest BCUT2D eigenvalue weighted by Crippen LogP contribution is -2.19. The van der Waals surface area contributed by atoms with E-state index in [0.717, 1.165) is 49.7 Å². The second kappa shape index (κ2) is 6.27. The Morgan fingerprint density at radius 3 is 3.00 bits per heavy atom. The third-order valence-electron chi connectivity index (χ3n) is 5.15. The highest BCUT2D eigenvalue weighted by atomic mass is 16.5. The van der Waals surface area contributed by atoms with Crippen LogP contribution in [0.15, 0.2) is 6.20 Å². The maximum Gasteiger partial charge on any atom is 0.0638 e. The van der Waals surface area contributed by atoms with Gasteiger partial charge in [-0.3, -0.25) is 4.68 Å². The molecule has 4 nitrogen and oxygen atoms in total. The van der Waals surface area contributed by atoms with Crippen LogP contribution in [0, 0.1) is 24.7 Å². The molecule has 1 N–H and O–H groups in total. The van der Waals surface area contributed by atoms with Gasteiger partial charge in [0.05, 0.1) is 12.3 Å². The minimum atomic E-state index is 0.762. The van der Waals surface area contributed by atoms with Crippen molar-refractivity contribution in [3.63, 3.8) is 0 Å². The molecule has 0 radical (unpaired) electrons. The molecular formula is C16H27N3O. The third-order valence-corrected chi connectivity index (χ3v) is 5.15. The van der Waals surface area contributed by atoms with E-state index in [1.165, 1.54) is 31.2 Å². The third kappa shape index (κ3) is 3.07. The highest BCUT2D eigenvalue weighted by molar-refractivity contribution is 5.15. The van der Waals surface area contributed by atoms with E-state index in [1.54, 1.807) is 7.11 Å². The number of fused-ring (bicyclic) bond motifs is 2. The molecular weight excluding hydrogens is 250 g/mol. The maximum absolute atomic E-state index is 5.05. The second-order valence-electron chi connectivity index (χ2n) is 6.57. The Morgan fingerprint density at radius 2 is 2.30 bits per heavy atom. The first-order valence-corrected chi connectivity index (χ1v) is 7.99. The fraction of sp³-hybridized carbons (Fsp3) is 0.812. The number of hydrogen-bond acceptors (Lipinski definition) is 3. The van der Waals surface area contributed by atoms with Crippen LogP contribution in [0.4, 0.5) is 0 Å². The Hall–Kier alpha value is -0.870. The summed E-state index contributed by atoms with van der Waals surface area (Å²) >= 11 is 0. The first-order chi connectivity index (χ1) is 9.76. The summed E-state index contributed by atoms with van der Waals surface area (Å²) in [6.45, 7) is 5.79. The lowest BCUT2D eigenvalue weighted by molar-refractivity contribution is 0.199. The molecule has 3 rings (SSSR count). The summed E-state index contributed by atoms with van der Waals surface area (Å²) in [6.07, 6.45) is 8.09. The summed E-state index contributed by atoms with van der Waals surface area (Å²) < 4.78 is 7.24. The molecule has 112 valence electrons. The van der Waals surface area contributed by atoms with Gasteiger partial charge in [0.2, 0.25) is 0 Å². The van der Waals surface area contributed by atoms with Gasteiger partial charge in [-0.05, 0) is 43.9 Å². The summed E-state index contributed by atoms with van der Waals surface area (Å²) in [4.78, 5) is 0. The van der Waals surface area contributed by atoms with Gasteiger partial charge in [0.25, 0.3) is 0 Å². The molecule has 1 aromatic heterocycles. The first-order valence-electron chi connectivity index (χ1n) is 7.99. The Labute approximate surface area is 121 Å². The van der Waals surface area contributed by atoms with E-state index in [-0.39, 0.29) is 0 Å². The van der Waals surface area contributed by atoms with Crippen LogP contribution in [0.25, 0.3) is 0 Å². The molecule has 0 amide bonds. The highest BCUT2D eigenvalue weighted by Gasteiger charge is 2.39. The van der Waals surface area contributed by atoms with Crippen molar-refractivity contribution in [2.24, 2.45) is 17.8 Å². The quantitative estimate of drug-likeness (QED) is 0.778. The summed E-state index contributed by atoms with van der Waals surface area (Å²) in [7, 11) is 1.74. The molecule has 2 aliphatic rings. The van der Waals surface area contributed by atoms with Crippen LogP contribution in [0.2, 0.25) is 0 Å². The van der Waals surface area contributed by atoms with Gasteiger partial charge in [-0.2, -0.15) is 5.10 Å². The molecule has 3 unspecified atom stereocenters. The van der Waals surface area contributed by atoms with E-state index in [2.05, 4.69) is 23.1 Å². The molecule has 20 heavy (non-hydrogen) atoms. The molecule has 2 fully saturated rings. The Morgan fingerprint density at radius 1 is 1.40 bits per heavy atom. The van der Waals surface area contributed by atoms with Gasteiger partial charge in [0.1, 0.15) is 0 Å². The number of aryl methyl sites for hydroxylation is 1. The van der Waals surface area contributed by atoms with Gasteiger partial charge in [-0.25, -0.2) is 0 Å². The molecule has 0 spiro atoms. The number of nitrogens with zero attached hydrogens (tertiary/aromatic N) is 2. The molecule has 0 aromatic carbocycles. The zero-order valence-corrected chi connectivity index (χ0v) is 12.8. The summed E-state index contributed by atoms with van der Waals surface area (Å²) in [6, 6.07) is 0. The number of methoxy groups -OCH3 is 1. The van der Waals surface area contributed by atoms with Crippen LogP contribution in [-0.4, -0.2) is 30.0 Å². The average Bonchev–Trinajstić information content (AvgIpc) is 3.11. The Bertz CT molecular complexity index is 443. The normalized spacial score (nSPS) is 28.4. The zero-order chi connectivity index (χ0) is 13.9. The lowest BCUT2D eigenvalue weighted by atomic mass is 9.89. The topological polar surface area (TPSA) is 39.1 Å². The number of aromatic nitrogens is 2. The predicted molar refractivity (Wildman–Crippen MR) is 79.5 cm³/mol. The van der Waals surface area contributed by atoms with Gasteiger partial charge in [-0.1, -0.05) is 6.42 Å². The molecule has 2 aliphatic carbocycles. The van der Waals surface area contributed by atoms with E-state index in [1.807, 2.05) is 0 Å². The molecule has 2 saturated carbocycles. The number of hydrogen-bond donors (Lipinski definition) is 1. The monoisotopic (exact) mass is 277 g/mol. The van der Waals surface area contributed by atoms with E-state index in [4.69, 9.17) is 9.84 Å². The minimum absolute atomic E-state index is 0.762. The molecule has 1 heterocycles. The fourth-order valence-electron chi connectivity index (χ4n) is 4.06. The summed E-state index contributed by atoms with van der Waals surface area (Å²) in [5, 5.41) is 8.10. The predicted octanol–water partition coefficient (Wildman–Crippen LogP) is 2.36. The summed E-state index contributed by atoms with van der Waals surface area (Å²) in [5.41, 5.74) is 2.49. The van der Waals surface area contributed by atoms with Crippen LogP contribution >= 0.6 is 0 Å². The van der Waals surface area contributed by atoms with Crippen molar-refractivity contribution >= 4 is 0 Å². The smallest absolute Gasteiger partial charge is 0.0638 e. The van der Waals surface area contributed by atoms with Crippen molar-refractivity contribution < 1.29 is 4.74 Å². The molecule has 3 atom stereocenters. The van der Waals surface area contributed by atoms with Crippen LogP contribution in [-0.2, 0) is 17.8 Å². The average molecular weight is 277 g/mol. The van der Waals surface area contributed by atoms with Crippen molar-refractivity contribution in [1.82, 2.24) is 15.1 Å². The summed E-state index contributed by atoms with van der Waals surface area (Å²) in [5.74, 6) is 2.88. The first kappa shape index (κ1) is 14.1. The van der Waals surface area contributed by atoms with Gasteiger partial charge < -0.3 is 10.1 Å². The fourth-order valence-corrected chi connectivity index (χ4v) is 4.06. The Kier molecular flexibility index (Phi) is 4.41. The van der Waals surface area contributed by atoms with E-state index < -0.39 is 0 Å². The van der Waals surface area contributed by atoms with E-state index >= 15 is 0 Å². The molecule has 2 bridgehead atoms. The Balaban J connectivity index is 1.52. The molecule has 4 heteroatoms. The largest absolute Gasteiger partial charge is 0.383 e. The van der Waals surface area contributed by atoms with Crippen molar-refractivity contribution in [1.29, 1.82) is 0 Å². The molecule has 0 saturated heterocycles. The minimum Gasteiger partial charge on any atom is -0.383 e. The van der Waals surface area contributed by atoms with Crippen LogP contribution in [0.5, 0.6) is 0 Å². The molecule has 0 aliphatic heterocycles. The van der Waals surface area contributed by atoms with Crippen LogP contribution in [0.3, 0.4) is 0 Å². The number of ether oxygens (including phenoxy) is 1. The molecule has 1 aromatic rings. The van der Waals surface area contributed by atoms with Gasteiger partial charge in [0.15, 0.2) is 0 Å². The zero-order valence-electron chi connectivity index (χ0n) is 12.8. The van der Waals surface area contributed by atoms with Crippen molar-refractivity contribution in [2.75, 3.05) is 20.3 Å². The highest BCUT2D eigenvalue weighted by Crippen LogP contribution is 2.48. The van der Waals surface area contributed by atoms with Gasteiger partial charge in [-0.15, -0.1) is 0 Å². The van der Waals surface area contributed by atoms with Crippen LogP contribution in [0.1, 0.15) is 36.9 Å². The van der Waals surface area contributed by atoms with Crippen molar-refractivity contribution in [3.8, 4) is 0 Å². The maximum atomic E-state index is 5.05. The van der Waals surface area contributed by atoms with Crippen molar-refractivity contribution in [2.45, 2.75) is 45.7 Å². The van der Waals surface area contributed by atoms with Crippen molar-refractivity contribution in [3.05, 3.63) is 17.5 Å². The number of nitrogens with one attached hydrogen (secondary N) is 1.